The summed E-state index contributed by atoms with van der Waals surface area (Å²) in [4.78, 5) is 36.3. The van der Waals surface area contributed by atoms with E-state index in [0.29, 0.717) is 23.0 Å². The first-order valence-corrected chi connectivity index (χ1v) is 12.7. The average Bonchev–Trinajstić information content (AvgIpc) is 2.79. The maximum absolute atomic E-state index is 13.3. The maximum atomic E-state index is 13.3. The second kappa shape index (κ2) is 9.94. The van der Waals surface area contributed by atoms with Crippen LogP contribution < -0.4 is 15.8 Å². The number of nitrogens with zero attached hydrogens (tertiary/aromatic N) is 2. The van der Waals surface area contributed by atoms with E-state index in [-0.39, 0.29) is 17.3 Å². The van der Waals surface area contributed by atoms with Crippen LogP contribution in [0.25, 0.3) is 0 Å². The number of carbonyl (C=O) groups excluding carboxylic acids is 1. The molecule has 1 unspecified atom stereocenters. The fraction of sp³-hybridized carbons (Fsp3) is 0.480. The van der Waals surface area contributed by atoms with Gasteiger partial charge in [0.25, 0.3) is 5.56 Å². The van der Waals surface area contributed by atoms with Gasteiger partial charge in [0.1, 0.15) is 5.82 Å². The zero-order valence-electron chi connectivity index (χ0n) is 19.2. The molecule has 0 saturated heterocycles. The summed E-state index contributed by atoms with van der Waals surface area (Å²) in [6, 6.07) is 8.30. The molecule has 6 nitrogen and oxygen atoms in total. The van der Waals surface area contributed by atoms with E-state index in [1.807, 2.05) is 0 Å². The number of carbonyl (C=O) groups is 1. The van der Waals surface area contributed by atoms with Crippen LogP contribution in [0, 0.1) is 0 Å². The molecule has 0 fully saturated rings. The molecule has 0 amide bonds. The third-order valence-corrected chi connectivity index (χ3v) is 7.29. The van der Waals surface area contributed by atoms with Crippen LogP contribution in [0.5, 0.6) is 0 Å². The smallest absolute Gasteiger partial charge is 0.257 e. The molecule has 1 aliphatic carbocycles. The molecule has 1 aliphatic heterocycles. The van der Waals surface area contributed by atoms with Crippen LogP contribution >= 0.6 is 11.8 Å². The number of hydrogen-bond acceptors (Lipinski definition) is 6. The van der Waals surface area contributed by atoms with Gasteiger partial charge in [0.2, 0.25) is 0 Å². The summed E-state index contributed by atoms with van der Waals surface area (Å²) < 4.78 is 0. The molecule has 170 valence electrons. The Morgan fingerprint density at radius 2 is 1.84 bits per heavy atom. The Morgan fingerprint density at radius 3 is 2.53 bits per heavy atom. The van der Waals surface area contributed by atoms with Crippen molar-refractivity contribution < 1.29 is 4.79 Å². The summed E-state index contributed by atoms with van der Waals surface area (Å²) >= 11 is 1.57. The largest absolute Gasteiger partial charge is 0.372 e. The highest BCUT2D eigenvalue weighted by atomic mass is 32.2. The molecule has 1 atom stereocenters. The minimum absolute atomic E-state index is 0.128. The summed E-state index contributed by atoms with van der Waals surface area (Å²) in [5.41, 5.74) is 4.16. The average molecular weight is 453 g/mol. The van der Waals surface area contributed by atoms with E-state index in [1.54, 1.807) is 11.8 Å². The fourth-order valence-electron chi connectivity index (χ4n) is 4.62. The zero-order chi connectivity index (χ0) is 22.7. The van der Waals surface area contributed by atoms with Crippen molar-refractivity contribution in [2.45, 2.75) is 63.9 Å². The van der Waals surface area contributed by atoms with Crippen LogP contribution in [0.2, 0.25) is 0 Å². The molecule has 0 radical (unpaired) electrons. The molecule has 0 spiro atoms. The first kappa shape index (κ1) is 22.6. The topological polar surface area (TPSA) is 78.1 Å². The standard InChI is InChI=1S/C25H32N4O2S/c1-4-7-15-32-25-27-23-22(24(31)28-25)20(21-18(26-23)9-8-10-19(21)30)16-11-13-17(14-12-16)29(5-2)6-3/h11-14,20H,4-10,15H2,1-3H3,(H2,26,27,28,31). The molecule has 32 heavy (non-hydrogen) atoms. The lowest BCUT2D eigenvalue weighted by molar-refractivity contribution is -0.116. The highest BCUT2D eigenvalue weighted by Crippen LogP contribution is 2.43. The Balaban J connectivity index is 1.79. The van der Waals surface area contributed by atoms with Crippen molar-refractivity contribution in [1.82, 2.24) is 9.97 Å². The van der Waals surface area contributed by atoms with Gasteiger partial charge in [-0.3, -0.25) is 9.59 Å². The lowest BCUT2D eigenvalue weighted by Crippen LogP contribution is -2.32. The van der Waals surface area contributed by atoms with Gasteiger partial charge in [0, 0.05) is 48.1 Å². The summed E-state index contributed by atoms with van der Waals surface area (Å²) in [6.07, 6.45) is 4.34. The van der Waals surface area contributed by atoms with E-state index in [4.69, 9.17) is 4.98 Å². The number of aromatic nitrogens is 2. The molecular weight excluding hydrogens is 420 g/mol. The minimum atomic E-state index is -0.384. The van der Waals surface area contributed by atoms with Crippen molar-refractivity contribution in [3.8, 4) is 0 Å². The SMILES string of the molecule is CCCCSc1nc2c(c(=O)[nH]1)C(c1ccc(N(CC)CC)cc1)C1=C(CCCC1=O)N2. The quantitative estimate of drug-likeness (QED) is 0.331. The Kier molecular flexibility index (Phi) is 7.04. The predicted octanol–water partition coefficient (Wildman–Crippen LogP) is 5.07. The molecule has 1 aromatic heterocycles. The van der Waals surface area contributed by atoms with Gasteiger partial charge in [-0.15, -0.1) is 0 Å². The van der Waals surface area contributed by atoms with Crippen molar-refractivity contribution in [2.75, 3.05) is 29.1 Å². The number of anilines is 2. The number of fused-ring (bicyclic) bond motifs is 1. The third-order valence-electron chi connectivity index (χ3n) is 6.33. The van der Waals surface area contributed by atoms with Gasteiger partial charge in [-0.05, 0) is 50.8 Å². The summed E-state index contributed by atoms with van der Waals surface area (Å²) in [5.74, 6) is 1.26. The van der Waals surface area contributed by atoms with E-state index in [1.165, 1.54) is 0 Å². The van der Waals surface area contributed by atoms with Crippen LogP contribution in [0.1, 0.15) is 69.9 Å². The Bertz CT molecular complexity index is 1070. The number of hydrogen-bond donors (Lipinski definition) is 2. The fourth-order valence-corrected chi connectivity index (χ4v) is 5.57. The molecule has 7 heteroatoms. The summed E-state index contributed by atoms with van der Waals surface area (Å²) in [5, 5.41) is 3.99. The lowest BCUT2D eigenvalue weighted by Gasteiger charge is -2.33. The number of unbranched alkanes of at least 4 members (excludes halogenated alkanes) is 1. The van der Waals surface area contributed by atoms with Crippen molar-refractivity contribution in [3.63, 3.8) is 0 Å². The monoisotopic (exact) mass is 452 g/mol. The molecule has 1 aromatic carbocycles. The van der Waals surface area contributed by atoms with E-state index in [9.17, 15) is 9.59 Å². The van der Waals surface area contributed by atoms with Crippen LogP contribution in [-0.4, -0.2) is 34.6 Å². The Morgan fingerprint density at radius 1 is 1.09 bits per heavy atom. The van der Waals surface area contributed by atoms with E-state index in [2.05, 4.69) is 60.2 Å². The van der Waals surface area contributed by atoms with Crippen LogP contribution in [0.3, 0.4) is 0 Å². The Labute approximate surface area is 193 Å². The number of nitrogens with one attached hydrogen (secondary N) is 2. The van der Waals surface area contributed by atoms with Gasteiger partial charge in [-0.1, -0.05) is 37.2 Å². The number of benzene rings is 1. The number of allylic oxidation sites excluding steroid dienone is 2. The first-order chi connectivity index (χ1) is 15.6. The maximum Gasteiger partial charge on any atom is 0.257 e. The number of Topliss-reactive ketones (excluding diaryl/α,β-unsaturated/α-hetero) is 1. The van der Waals surface area contributed by atoms with E-state index >= 15 is 0 Å². The van der Waals surface area contributed by atoms with Gasteiger partial charge >= 0.3 is 0 Å². The van der Waals surface area contributed by atoms with Crippen LogP contribution in [0.4, 0.5) is 11.5 Å². The molecule has 0 bridgehead atoms. The molecule has 0 saturated carbocycles. The summed E-state index contributed by atoms with van der Waals surface area (Å²) in [6.45, 7) is 8.29. The van der Waals surface area contributed by atoms with Gasteiger partial charge in [-0.25, -0.2) is 4.98 Å². The Hall–Kier alpha value is -2.54. The normalized spacial score (nSPS) is 17.6. The molecule has 2 aliphatic rings. The molecule has 2 heterocycles. The van der Waals surface area contributed by atoms with Gasteiger partial charge in [-0.2, -0.15) is 0 Å². The van der Waals surface area contributed by atoms with Crippen molar-refractivity contribution in [3.05, 3.63) is 57.0 Å². The molecular formula is C25H32N4O2S. The van der Waals surface area contributed by atoms with Crippen LogP contribution in [0.15, 0.2) is 45.5 Å². The number of rotatable bonds is 8. The third kappa shape index (κ3) is 4.35. The van der Waals surface area contributed by atoms with E-state index < -0.39 is 0 Å². The number of H-pyrrole nitrogens is 1. The van der Waals surface area contributed by atoms with Crippen LogP contribution in [-0.2, 0) is 4.79 Å². The van der Waals surface area contributed by atoms with Crippen molar-refractivity contribution in [2.24, 2.45) is 0 Å². The lowest BCUT2D eigenvalue weighted by atomic mass is 9.76. The summed E-state index contributed by atoms with van der Waals surface area (Å²) in [7, 11) is 0. The molecule has 2 aromatic rings. The van der Waals surface area contributed by atoms with Crippen molar-refractivity contribution >= 4 is 29.1 Å². The van der Waals surface area contributed by atoms with Gasteiger partial charge < -0.3 is 15.2 Å². The second-order valence-electron chi connectivity index (χ2n) is 8.33. The second-order valence-corrected chi connectivity index (χ2v) is 9.41. The zero-order valence-corrected chi connectivity index (χ0v) is 20.0. The predicted molar refractivity (Wildman–Crippen MR) is 132 cm³/mol. The molecule has 2 N–H and O–H groups in total. The number of thioether (sulfide) groups is 1. The van der Waals surface area contributed by atoms with Gasteiger partial charge in [0.15, 0.2) is 10.9 Å². The number of aromatic amines is 1. The first-order valence-electron chi connectivity index (χ1n) is 11.7. The van der Waals surface area contributed by atoms with E-state index in [0.717, 1.165) is 67.0 Å². The van der Waals surface area contributed by atoms with Crippen molar-refractivity contribution in [1.29, 1.82) is 0 Å². The highest BCUT2D eigenvalue weighted by Gasteiger charge is 2.37. The van der Waals surface area contributed by atoms with Gasteiger partial charge in [0.05, 0.1) is 5.56 Å². The molecule has 4 rings (SSSR count). The minimum Gasteiger partial charge on any atom is -0.372 e. The highest BCUT2D eigenvalue weighted by molar-refractivity contribution is 7.99. The number of ketones is 1.